The van der Waals surface area contributed by atoms with Gasteiger partial charge in [-0.2, -0.15) is 5.26 Å². The van der Waals surface area contributed by atoms with E-state index in [0.29, 0.717) is 11.4 Å². The van der Waals surface area contributed by atoms with Gasteiger partial charge in [0.25, 0.3) is 0 Å². The molecule has 2 aromatic heterocycles. The van der Waals surface area contributed by atoms with Crippen LogP contribution in [-0.4, -0.2) is 28.0 Å². The molecule has 1 fully saturated rings. The molecule has 2 aromatic carbocycles. The maximum atomic E-state index is 9.46. The van der Waals surface area contributed by atoms with Gasteiger partial charge in [0, 0.05) is 36.4 Å². The third-order valence-corrected chi connectivity index (χ3v) is 5.11. The molecule has 3 heterocycles. The number of anilines is 1. The fourth-order valence-electron chi connectivity index (χ4n) is 3.51. The number of rotatable bonds is 3. The van der Waals surface area contributed by atoms with Crippen molar-refractivity contribution in [2.75, 3.05) is 18.0 Å². The van der Waals surface area contributed by atoms with Gasteiger partial charge < -0.3 is 4.90 Å². The summed E-state index contributed by atoms with van der Waals surface area (Å²) < 4.78 is 0. The average Bonchev–Trinajstić information content (AvgIpc) is 2.72. The first-order chi connectivity index (χ1) is 13.8. The fraction of sp³-hybridized carbons (Fsp3) is 0.130. The first-order valence-electron chi connectivity index (χ1n) is 9.30. The van der Waals surface area contributed by atoms with Crippen LogP contribution in [0, 0.1) is 11.3 Å². The minimum atomic E-state index is 0.667. The van der Waals surface area contributed by atoms with Crippen LogP contribution < -0.4 is 4.90 Å². The zero-order valence-corrected chi connectivity index (χ0v) is 15.2. The SMILES string of the molecule is N#Cc1ccccc1-c1ccc2nc(-c3cccnc3)nc(N3CCC3)c2c1. The highest BCUT2D eigenvalue weighted by molar-refractivity contribution is 5.95. The van der Waals surface area contributed by atoms with E-state index in [1.807, 2.05) is 48.5 Å². The molecule has 0 radical (unpaired) electrons. The standard InChI is InChI=1S/C23H17N5/c24-14-17-5-1-2-7-19(17)16-8-9-21-20(13-16)23(28-11-4-12-28)27-22(26-21)18-6-3-10-25-15-18/h1-3,5-10,13,15H,4,11-12H2. The third kappa shape index (κ3) is 2.76. The van der Waals surface area contributed by atoms with Crippen LogP contribution in [-0.2, 0) is 0 Å². The molecule has 5 heteroatoms. The monoisotopic (exact) mass is 363 g/mol. The van der Waals surface area contributed by atoms with Gasteiger partial charge in [0.15, 0.2) is 5.82 Å². The lowest BCUT2D eigenvalue weighted by Gasteiger charge is -2.33. The van der Waals surface area contributed by atoms with Crippen LogP contribution in [0.2, 0.25) is 0 Å². The van der Waals surface area contributed by atoms with Crippen LogP contribution in [0.15, 0.2) is 67.0 Å². The average molecular weight is 363 g/mol. The van der Waals surface area contributed by atoms with Gasteiger partial charge in [-0.3, -0.25) is 4.98 Å². The van der Waals surface area contributed by atoms with Crippen LogP contribution in [0.3, 0.4) is 0 Å². The number of hydrogen-bond acceptors (Lipinski definition) is 5. The normalized spacial score (nSPS) is 13.2. The van der Waals surface area contributed by atoms with E-state index in [9.17, 15) is 5.26 Å². The van der Waals surface area contributed by atoms with Gasteiger partial charge in [-0.1, -0.05) is 24.3 Å². The van der Waals surface area contributed by atoms with Crippen LogP contribution in [0.5, 0.6) is 0 Å². The van der Waals surface area contributed by atoms with Gasteiger partial charge in [-0.15, -0.1) is 0 Å². The van der Waals surface area contributed by atoms with E-state index in [0.717, 1.165) is 46.5 Å². The Kier molecular flexibility index (Phi) is 3.95. The summed E-state index contributed by atoms with van der Waals surface area (Å²) in [7, 11) is 0. The molecule has 0 N–H and O–H groups in total. The molecule has 5 rings (SSSR count). The van der Waals surface area contributed by atoms with Crippen molar-refractivity contribution < 1.29 is 0 Å². The molecule has 28 heavy (non-hydrogen) atoms. The van der Waals surface area contributed by atoms with Crippen molar-refractivity contribution >= 4 is 16.7 Å². The van der Waals surface area contributed by atoms with Gasteiger partial charge in [-0.05, 0) is 47.9 Å². The Balaban J connectivity index is 1.72. The van der Waals surface area contributed by atoms with E-state index >= 15 is 0 Å². The number of fused-ring (bicyclic) bond motifs is 1. The van der Waals surface area contributed by atoms with Gasteiger partial charge in [0.2, 0.25) is 0 Å². The van der Waals surface area contributed by atoms with E-state index in [-0.39, 0.29) is 0 Å². The summed E-state index contributed by atoms with van der Waals surface area (Å²) in [4.78, 5) is 16.1. The van der Waals surface area contributed by atoms with E-state index in [2.05, 4.69) is 22.0 Å². The van der Waals surface area contributed by atoms with E-state index in [1.165, 1.54) is 6.42 Å². The molecule has 0 saturated carbocycles. The molecule has 0 atom stereocenters. The second-order valence-corrected chi connectivity index (χ2v) is 6.84. The third-order valence-electron chi connectivity index (χ3n) is 5.11. The number of hydrogen-bond donors (Lipinski definition) is 0. The van der Waals surface area contributed by atoms with Crippen molar-refractivity contribution in [1.29, 1.82) is 5.26 Å². The Bertz CT molecular complexity index is 1210. The van der Waals surface area contributed by atoms with Gasteiger partial charge in [0.05, 0.1) is 17.1 Å². The summed E-state index contributed by atoms with van der Waals surface area (Å²) in [5.41, 5.74) is 4.40. The van der Waals surface area contributed by atoms with Gasteiger partial charge >= 0.3 is 0 Å². The van der Waals surface area contributed by atoms with Crippen LogP contribution in [0.4, 0.5) is 5.82 Å². The molecular weight excluding hydrogens is 346 g/mol. The second-order valence-electron chi connectivity index (χ2n) is 6.84. The number of nitriles is 1. The summed E-state index contributed by atoms with van der Waals surface area (Å²) in [5.74, 6) is 1.64. The Labute approximate surface area is 162 Å². The van der Waals surface area contributed by atoms with E-state index < -0.39 is 0 Å². The zero-order chi connectivity index (χ0) is 18.9. The lowest BCUT2D eigenvalue weighted by Crippen LogP contribution is -2.37. The van der Waals surface area contributed by atoms with E-state index in [4.69, 9.17) is 9.97 Å². The predicted molar refractivity (Wildman–Crippen MR) is 110 cm³/mol. The molecular formula is C23H17N5. The van der Waals surface area contributed by atoms with Crippen molar-refractivity contribution in [3.63, 3.8) is 0 Å². The lowest BCUT2D eigenvalue weighted by molar-refractivity contribution is 0.612. The molecule has 0 spiro atoms. The minimum Gasteiger partial charge on any atom is -0.356 e. The van der Waals surface area contributed by atoms with Crippen LogP contribution in [0.25, 0.3) is 33.4 Å². The summed E-state index contributed by atoms with van der Waals surface area (Å²) in [5, 5.41) is 10.5. The van der Waals surface area contributed by atoms with Crippen molar-refractivity contribution in [1.82, 2.24) is 15.0 Å². The number of benzene rings is 2. The molecule has 1 aliphatic heterocycles. The first kappa shape index (κ1) is 16.4. The van der Waals surface area contributed by atoms with Gasteiger partial charge in [-0.25, -0.2) is 9.97 Å². The summed E-state index contributed by atoms with van der Waals surface area (Å²) >= 11 is 0. The lowest BCUT2D eigenvalue weighted by atomic mass is 9.98. The minimum absolute atomic E-state index is 0.667. The highest BCUT2D eigenvalue weighted by Gasteiger charge is 2.21. The number of aromatic nitrogens is 3. The predicted octanol–water partition coefficient (Wildman–Crippen LogP) is 4.44. The fourth-order valence-corrected chi connectivity index (χ4v) is 3.51. The molecule has 4 aromatic rings. The Morgan fingerprint density at radius 2 is 1.82 bits per heavy atom. The summed E-state index contributed by atoms with van der Waals surface area (Å²) in [6, 6.07) is 20.0. The highest BCUT2D eigenvalue weighted by Crippen LogP contribution is 2.33. The van der Waals surface area contributed by atoms with Crippen molar-refractivity contribution in [2.24, 2.45) is 0 Å². The Morgan fingerprint density at radius 3 is 2.57 bits per heavy atom. The van der Waals surface area contributed by atoms with Crippen LogP contribution >= 0.6 is 0 Å². The first-order valence-corrected chi connectivity index (χ1v) is 9.30. The maximum Gasteiger partial charge on any atom is 0.163 e. The zero-order valence-electron chi connectivity index (χ0n) is 15.2. The largest absolute Gasteiger partial charge is 0.356 e. The Hall–Kier alpha value is -3.78. The summed E-state index contributed by atoms with van der Waals surface area (Å²) in [6.45, 7) is 2.00. The van der Waals surface area contributed by atoms with Crippen molar-refractivity contribution in [3.05, 3.63) is 72.6 Å². The highest BCUT2D eigenvalue weighted by atomic mass is 15.2. The molecule has 0 amide bonds. The molecule has 0 unspecified atom stereocenters. The van der Waals surface area contributed by atoms with Gasteiger partial charge in [0.1, 0.15) is 5.82 Å². The molecule has 1 saturated heterocycles. The van der Waals surface area contributed by atoms with Crippen molar-refractivity contribution in [2.45, 2.75) is 6.42 Å². The number of nitrogens with zero attached hydrogens (tertiary/aromatic N) is 5. The quantitative estimate of drug-likeness (QED) is 0.538. The van der Waals surface area contributed by atoms with Crippen molar-refractivity contribution in [3.8, 4) is 28.6 Å². The molecule has 134 valence electrons. The smallest absolute Gasteiger partial charge is 0.163 e. The van der Waals surface area contributed by atoms with Crippen LogP contribution in [0.1, 0.15) is 12.0 Å². The van der Waals surface area contributed by atoms with E-state index in [1.54, 1.807) is 12.4 Å². The Morgan fingerprint density at radius 1 is 0.929 bits per heavy atom. The molecule has 0 bridgehead atoms. The topological polar surface area (TPSA) is 65.7 Å². The number of pyridine rings is 1. The second kappa shape index (κ2) is 6.75. The molecule has 5 nitrogen and oxygen atoms in total. The summed E-state index contributed by atoms with van der Waals surface area (Å²) in [6.07, 6.45) is 4.71. The maximum absolute atomic E-state index is 9.46. The molecule has 0 aliphatic carbocycles. The molecule has 1 aliphatic rings.